The van der Waals surface area contributed by atoms with E-state index in [1.165, 1.54) is 62.5 Å². The molecule has 0 heteroatoms. The van der Waals surface area contributed by atoms with Crippen molar-refractivity contribution in [2.45, 2.75) is 79.1 Å². The van der Waals surface area contributed by atoms with Gasteiger partial charge in [0.15, 0.2) is 0 Å². The summed E-state index contributed by atoms with van der Waals surface area (Å²) in [6, 6.07) is 13.9. The largest absolute Gasteiger partial charge is 0.0683 e. The number of hydrogen-bond acceptors (Lipinski definition) is 0. The van der Waals surface area contributed by atoms with Crippen LogP contribution in [0.5, 0.6) is 0 Å². The van der Waals surface area contributed by atoms with Crippen molar-refractivity contribution in [3.8, 4) is 11.1 Å². The first-order valence-electron chi connectivity index (χ1n) is 10.2. The molecule has 0 spiro atoms. The zero-order valence-corrected chi connectivity index (χ0v) is 16.1. The molecule has 0 bridgehead atoms. The third-order valence-corrected chi connectivity index (χ3v) is 5.08. The standard InChI is InChI=1S/C20H22.2C2H6/c1-3-11-17-15(7-1)9-5-13-19(17)20-14-6-10-16-8-2-4-12-18(16)20;2*1-2/h5-6,9-10,13-14H,1-4,7-8,11-12H2;2*1-2H3. The Labute approximate surface area is 149 Å². The molecular weight excluding hydrogens is 288 g/mol. The predicted molar refractivity (Wildman–Crippen MR) is 108 cm³/mol. The van der Waals surface area contributed by atoms with E-state index in [0.717, 1.165) is 0 Å². The van der Waals surface area contributed by atoms with E-state index < -0.39 is 0 Å². The van der Waals surface area contributed by atoms with Crippen molar-refractivity contribution in [1.29, 1.82) is 0 Å². The van der Waals surface area contributed by atoms with Crippen LogP contribution in [0.2, 0.25) is 0 Å². The molecule has 0 amide bonds. The van der Waals surface area contributed by atoms with Gasteiger partial charge in [-0.15, -0.1) is 0 Å². The summed E-state index contributed by atoms with van der Waals surface area (Å²) in [5.41, 5.74) is 9.53. The van der Waals surface area contributed by atoms with Gasteiger partial charge in [-0.25, -0.2) is 0 Å². The maximum atomic E-state index is 2.36. The highest BCUT2D eigenvalue weighted by Crippen LogP contribution is 2.36. The van der Waals surface area contributed by atoms with Crippen LogP contribution in [0.1, 0.15) is 75.6 Å². The molecule has 0 unspecified atom stereocenters. The van der Waals surface area contributed by atoms with Gasteiger partial charge >= 0.3 is 0 Å². The first-order chi connectivity index (χ1) is 11.9. The lowest BCUT2D eigenvalue weighted by Crippen LogP contribution is -2.08. The van der Waals surface area contributed by atoms with E-state index in [0.29, 0.717) is 0 Å². The minimum atomic E-state index is 1.27. The molecule has 0 saturated heterocycles. The second-order valence-electron chi connectivity index (χ2n) is 6.30. The Balaban J connectivity index is 0.000000487. The zero-order valence-electron chi connectivity index (χ0n) is 16.1. The van der Waals surface area contributed by atoms with Crippen molar-refractivity contribution in [2.24, 2.45) is 0 Å². The van der Waals surface area contributed by atoms with E-state index in [9.17, 15) is 0 Å². The monoisotopic (exact) mass is 322 g/mol. The summed E-state index contributed by atoms with van der Waals surface area (Å²) >= 11 is 0. The maximum absolute atomic E-state index is 2.36. The van der Waals surface area contributed by atoms with Gasteiger partial charge in [-0.2, -0.15) is 0 Å². The van der Waals surface area contributed by atoms with Crippen LogP contribution < -0.4 is 0 Å². The summed E-state index contributed by atoms with van der Waals surface area (Å²) in [4.78, 5) is 0. The van der Waals surface area contributed by atoms with E-state index in [2.05, 4.69) is 36.4 Å². The van der Waals surface area contributed by atoms with Gasteiger partial charge in [0.1, 0.15) is 0 Å². The fraction of sp³-hybridized carbons (Fsp3) is 0.500. The zero-order chi connectivity index (χ0) is 17.4. The van der Waals surface area contributed by atoms with E-state index >= 15 is 0 Å². The molecule has 0 nitrogen and oxygen atoms in total. The molecule has 0 atom stereocenters. The average molecular weight is 323 g/mol. The molecular formula is C24H34. The summed E-state index contributed by atoms with van der Waals surface area (Å²) in [5.74, 6) is 0. The molecule has 0 aromatic heterocycles. The molecule has 2 aromatic rings. The topological polar surface area (TPSA) is 0 Å². The highest BCUT2D eigenvalue weighted by Gasteiger charge is 2.18. The quantitative estimate of drug-likeness (QED) is 0.522. The van der Waals surface area contributed by atoms with Crippen molar-refractivity contribution in [2.75, 3.05) is 0 Å². The first-order valence-corrected chi connectivity index (χ1v) is 10.2. The first kappa shape index (κ1) is 18.8. The van der Waals surface area contributed by atoms with Gasteiger partial charge in [-0.1, -0.05) is 64.1 Å². The second-order valence-corrected chi connectivity index (χ2v) is 6.30. The molecule has 0 saturated carbocycles. The third-order valence-electron chi connectivity index (χ3n) is 5.08. The lowest BCUT2D eigenvalue weighted by molar-refractivity contribution is 0.681. The van der Waals surface area contributed by atoms with E-state index in [4.69, 9.17) is 0 Å². The Morgan fingerprint density at radius 1 is 0.500 bits per heavy atom. The van der Waals surface area contributed by atoms with E-state index in [1.54, 1.807) is 22.3 Å². The van der Waals surface area contributed by atoms with E-state index in [1.807, 2.05) is 27.7 Å². The van der Waals surface area contributed by atoms with Crippen LogP contribution >= 0.6 is 0 Å². The fourth-order valence-corrected chi connectivity index (χ4v) is 4.07. The SMILES string of the molecule is CC.CC.c1cc2c(c(-c3cccc4c3CCCC4)c1)CCCC2. The lowest BCUT2D eigenvalue weighted by atomic mass is 9.81. The number of aryl methyl sites for hydroxylation is 2. The lowest BCUT2D eigenvalue weighted by Gasteiger charge is -2.24. The van der Waals surface area contributed by atoms with Crippen LogP contribution in [0.25, 0.3) is 11.1 Å². The molecule has 0 N–H and O–H groups in total. The molecule has 2 aliphatic rings. The molecule has 0 radical (unpaired) electrons. The molecule has 0 heterocycles. The van der Waals surface area contributed by atoms with Crippen molar-refractivity contribution >= 4 is 0 Å². The molecule has 130 valence electrons. The Hall–Kier alpha value is -1.56. The van der Waals surface area contributed by atoms with Crippen LogP contribution in [0.4, 0.5) is 0 Å². The van der Waals surface area contributed by atoms with Gasteiger partial charge in [0.25, 0.3) is 0 Å². The summed E-state index contributed by atoms with van der Waals surface area (Å²) in [7, 11) is 0. The van der Waals surface area contributed by atoms with E-state index in [-0.39, 0.29) is 0 Å². The molecule has 0 aliphatic heterocycles. The maximum Gasteiger partial charge on any atom is -0.0146 e. The Bertz CT molecular complexity index is 579. The van der Waals surface area contributed by atoms with Gasteiger partial charge in [-0.05, 0) is 84.7 Å². The Morgan fingerprint density at radius 2 is 0.875 bits per heavy atom. The number of hydrogen-bond donors (Lipinski definition) is 0. The molecule has 24 heavy (non-hydrogen) atoms. The van der Waals surface area contributed by atoms with Gasteiger partial charge < -0.3 is 0 Å². The summed E-state index contributed by atoms with van der Waals surface area (Å²) < 4.78 is 0. The van der Waals surface area contributed by atoms with Crippen LogP contribution in [0.3, 0.4) is 0 Å². The second kappa shape index (κ2) is 9.67. The van der Waals surface area contributed by atoms with Gasteiger partial charge in [-0.3, -0.25) is 0 Å². The van der Waals surface area contributed by atoms with Gasteiger partial charge in [0.2, 0.25) is 0 Å². The van der Waals surface area contributed by atoms with Gasteiger partial charge in [0, 0.05) is 0 Å². The van der Waals surface area contributed by atoms with Gasteiger partial charge in [0.05, 0.1) is 0 Å². The normalized spacial score (nSPS) is 15.0. The molecule has 4 rings (SSSR count). The minimum Gasteiger partial charge on any atom is -0.0683 e. The van der Waals surface area contributed by atoms with Crippen molar-refractivity contribution in [3.05, 3.63) is 58.7 Å². The predicted octanol–water partition coefficient (Wildman–Crippen LogP) is 7.16. The van der Waals surface area contributed by atoms with Crippen molar-refractivity contribution < 1.29 is 0 Å². The Morgan fingerprint density at radius 3 is 1.29 bits per heavy atom. The van der Waals surface area contributed by atoms with Crippen molar-refractivity contribution in [1.82, 2.24) is 0 Å². The number of rotatable bonds is 1. The summed E-state index contributed by atoms with van der Waals surface area (Å²) in [6.07, 6.45) is 10.5. The number of fused-ring (bicyclic) bond motifs is 2. The molecule has 0 fully saturated rings. The minimum absolute atomic E-state index is 1.27. The van der Waals surface area contributed by atoms with Crippen molar-refractivity contribution in [3.63, 3.8) is 0 Å². The van der Waals surface area contributed by atoms with Crippen LogP contribution in [-0.2, 0) is 25.7 Å². The highest BCUT2D eigenvalue weighted by molar-refractivity contribution is 5.73. The van der Waals surface area contributed by atoms with Crippen LogP contribution in [0.15, 0.2) is 36.4 Å². The fourth-order valence-electron chi connectivity index (χ4n) is 4.07. The smallest absolute Gasteiger partial charge is 0.0146 e. The summed E-state index contributed by atoms with van der Waals surface area (Å²) in [6.45, 7) is 8.00. The molecule has 2 aliphatic carbocycles. The number of benzene rings is 2. The third kappa shape index (κ3) is 3.91. The van der Waals surface area contributed by atoms with Crippen LogP contribution in [-0.4, -0.2) is 0 Å². The highest BCUT2D eigenvalue weighted by atomic mass is 14.2. The average Bonchev–Trinajstić information content (AvgIpc) is 2.70. The summed E-state index contributed by atoms with van der Waals surface area (Å²) in [5, 5.41) is 0. The Kier molecular flexibility index (Phi) is 7.56. The molecule has 2 aromatic carbocycles. The van der Waals surface area contributed by atoms with Crippen LogP contribution in [0, 0.1) is 0 Å².